The highest BCUT2D eigenvalue weighted by atomic mass is 32.2. The van der Waals surface area contributed by atoms with Crippen LogP contribution >= 0.6 is 0 Å². The highest BCUT2D eigenvalue weighted by Crippen LogP contribution is 2.02. The Morgan fingerprint density at radius 3 is 2.30 bits per heavy atom. The Morgan fingerprint density at radius 1 is 1.25 bits per heavy atom. The molecule has 0 aromatic carbocycles. The molecule has 0 bridgehead atoms. The minimum atomic E-state index is -3.21. The first-order chi connectivity index (χ1) is 9.17. The number of nitrogens with two attached hydrogens (primary N) is 2. The molecule has 0 aromatic rings. The molecule has 0 radical (unpaired) electrons. The summed E-state index contributed by atoms with van der Waals surface area (Å²) in [5.74, 6) is -2.02. The molecule has 0 aliphatic heterocycles. The second-order valence-corrected chi connectivity index (χ2v) is 6.97. The first-order valence-corrected chi connectivity index (χ1v) is 8.40. The number of unbranched alkanes of at least 4 members (excludes halogenated alkanes) is 1. The highest BCUT2D eigenvalue weighted by Gasteiger charge is 2.23. The summed E-state index contributed by atoms with van der Waals surface area (Å²) in [4.78, 5) is 22.7. The van der Waals surface area contributed by atoms with Gasteiger partial charge in [-0.1, -0.05) is 0 Å². The summed E-state index contributed by atoms with van der Waals surface area (Å²) >= 11 is 0. The Hall–Kier alpha value is -1.19. The largest absolute Gasteiger partial charge is 0.480 e. The van der Waals surface area contributed by atoms with E-state index in [4.69, 9.17) is 16.6 Å². The zero-order valence-electron chi connectivity index (χ0n) is 11.5. The van der Waals surface area contributed by atoms with Crippen LogP contribution in [0.15, 0.2) is 0 Å². The molecular weight excluding hydrogens is 286 g/mol. The van der Waals surface area contributed by atoms with Gasteiger partial charge in [-0.25, -0.2) is 13.2 Å². The Bertz CT molecular complexity index is 424. The van der Waals surface area contributed by atoms with Gasteiger partial charge in [0, 0.05) is 6.26 Å². The third kappa shape index (κ3) is 8.83. The van der Waals surface area contributed by atoms with Gasteiger partial charge in [-0.15, -0.1) is 0 Å². The van der Waals surface area contributed by atoms with Crippen molar-refractivity contribution in [2.24, 2.45) is 11.5 Å². The van der Waals surface area contributed by atoms with Crippen molar-refractivity contribution in [3.8, 4) is 0 Å². The molecule has 8 nitrogen and oxygen atoms in total. The number of amides is 1. The van der Waals surface area contributed by atoms with Crippen molar-refractivity contribution in [2.75, 3.05) is 18.6 Å². The van der Waals surface area contributed by atoms with E-state index in [0.29, 0.717) is 19.4 Å². The van der Waals surface area contributed by atoms with Gasteiger partial charge in [0.15, 0.2) is 0 Å². The van der Waals surface area contributed by atoms with Crippen molar-refractivity contribution in [1.29, 1.82) is 0 Å². The van der Waals surface area contributed by atoms with E-state index in [2.05, 4.69) is 5.32 Å². The minimum absolute atomic E-state index is 0.0419. The van der Waals surface area contributed by atoms with Crippen molar-refractivity contribution in [1.82, 2.24) is 5.32 Å². The maximum atomic E-state index is 11.7. The van der Waals surface area contributed by atoms with Gasteiger partial charge in [0.2, 0.25) is 5.91 Å². The number of aliphatic carboxylic acids is 1. The van der Waals surface area contributed by atoms with Crippen LogP contribution in [0.5, 0.6) is 0 Å². The van der Waals surface area contributed by atoms with Gasteiger partial charge < -0.3 is 21.9 Å². The quantitative estimate of drug-likeness (QED) is 0.356. The molecular formula is C11H23N3O5S. The predicted molar refractivity (Wildman–Crippen MR) is 74.8 cm³/mol. The van der Waals surface area contributed by atoms with Gasteiger partial charge in [-0.3, -0.25) is 4.79 Å². The SMILES string of the molecule is CS(=O)(=O)CCC(N)C(=O)NC(CCCCN)C(=O)O. The molecule has 0 aliphatic rings. The monoisotopic (exact) mass is 309 g/mol. The number of hydrogen-bond acceptors (Lipinski definition) is 6. The fraction of sp³-hybridized carbons (Fsp3) is 0.818. The molecule has 0 fully saturated rings. The normalized spacial score (nSPS) is 14.6. The van der Waals surface area contributed by atoms with Gasteiger partial charge >= 0.3 is 5.97 Å². The fourth-order valence-corrected chi connectivity index (χ4v) is 2.18. The number of carboxylic acid groups (broad SMARTS) is 1. The minimum Gasteiger partial charge on any atom is -0.480 e. The molecule has 0 aromatic heterocycles. The van der Waals surface area contributed by atoms with Gasteiger partial charge in [-0.05, 0) is 32.2 Å². The molecule has 6 N–H and O–H groups in total. The lowest BCUT2D eigenvalue weighted by Crippen LogP contribution is -2.48. The van der Waals surface area contributed by atoms with E-state index in [-0.39, 0.29) is 18.6 Å². The Kier molecular flexibility index (Phi) is 8.35. The molecule has 20 heavy (non-hydrogen) atoms. The topological polar surface area (TPSA) is 153 Å². The zero-order valence-corrected chi connectivity index (χ0v) is 12.4. The molecule has 2 atom stereocenters. The van der Waals surface area contributed by atoms with E-state index < -0.39 is 33.8 Å². The smallest absolute Gasteiger partial charge is 0.326 e. The summed E-state index contributed by atoms with van der Waals surface area (Å²) in [6.45, 7) is 0.453. The van der Waals surface area contributed by atoms with Crippen LogP contribution in [0.25, 0.3) is 0 Å². The van der Waals surface area contributed by atoms with E-state index in [9.17, 15) is 18.0 Å². The van der Waals surface area contributed by atoms with Crippen molar-refractivity contribution in [3.63, 3.8) is 0 Å². The number of sulfone groups is 1. The molecule has 0 heterocycles. The summed E-state index contributed by atoms with van der Waals surface area (Å²) in [7, 11) is -3.21. The van der Waals surface area contributed by atoms with Gasteiger partial charge in [0.25, 0.3) is 0 Å². The maximum absolute atomic E-state index is 11.7. The summed E-state index contributed by atoms with van der Waals surface area (Å²) < 4.78 is 21.9. The van der Waals surface area contributed by atoms with Crippen LogP contribution < -0.4 is 16.8 Å². The Labute approximate surface area is 118 Å². The third-order valence-corrected chi connectivity index (χ3v) is 3.68. The molecule has 0 aliphatic carbocycles. The van der Waals surface area contributed by atoms with Crippen molar-refractivity contribution < 1.29 is 23.1 Å². The van der Waals surface area contributed by atoms with Crippen LogP contribution in [-0.4, -0.2) is 56.0 Å². The van der Waals surface area contributed by atoms with Crippen LogP contribution in [0.4, 0.5) is 0 Å². The van der Waals surface area contributed by atoms with Crippen molar-refractivity contribution >= 4 is 21.7 Å². The second kappa shape index (κ2) is 8.88. The van der Waals surface area contributed by atoms with E-state index in [1.54, 1.807) is 0 Å². The average molecular weight is 309 g/mol. The predicted octanol–water partition coefficient (Wildman–Crippen LogP) is -1.55. The number of hydrogen-bond donors (Lipinski definition) is 4. The maximum Gasteiger partial charge on any atom is 0.326 e. The Morgan fingerprint density at radius 2 is 1.85 bits per heavy atom. The zero-order chi connectivity index (χ0) is 15.8. The second-order valence-electron chi connectivity index (χ2n) is 4.71. The van der Waals surface area contributed by atoms with Crippen LogP contribution in [0.2, 0.25) is 0 Å². The summed E-state index contributed by atoms with van der Waals surface area (Å²) in [6.07, 6.45) is 2.51. The Balaban J connectivity index is 4.33. The van der Waals surface area contributed by atoms with Gasteiger partial charge in [-0.2, -0.15) is 0 Å². The molecule has 0 spiro atoms. The van der Waals surface area contributed by atoms with Crippen LogP contribution in [0.1, 0.15) is 25.7 Å². The molecule has 0 saturated carbocycles. The lowest BCUT2D eigenvalue weighted by atomic mass is 10.1. The van der Waals surface area contributed by atoms with Crippen LogP contribution in [-0.2, 0) is 19.4 Å². The highest BCUT2D eigenvalue weighted by molar-refractivity contribution is 7.90. The molecule has 118 valence electrons. The van der Waals surface area contributed by atoms with Crippen LogP contribution in [0.3, 0.4) is 0 Å². The third-order valence-electron chi connectivity index (χ3n) is 2.70. The first-order valence-electron chi connectivity index (χ1n) is 6.34. The standard InChI is InChI=1S/C11H23N3O5S/c1-20(18,19)7-5-8(13)10(15)14-9(11(16)17)4-2-3-6-12/h8-9H,2-7,12-13H2,1H3,(H,14,15)(H,16,17). The molecule has 0 saturated heterocycles. The molecule has 2 unspecified atom stereocenters. The summed E-state index contributed by atoms with van der Waals surface area (Å²) in [5.41, 5.74) is 10.8. The van der Waals surface area contributed by atoms with E-state index in [0.717, 1.165) is 6.26 Å². The number of nitrogens with one attached hydrogen (secondary N) is 1. The molecule has 9 heteroatoms. The fourth-order valence-electron chi connectivity index (χ4n) is 1.50. The lowest BCUT2D eigenvalue weighted by Gasteiger charge is -2.17. The van der Waals surface area contributed by atoms with Crippen LogP contribution in [0, 0.1) is 0 Å². The summed E-state index contributed by atoms with van der Waals surface area (Å²) in [5, 5.41) is 11.3. The first kappa shape index (κ1) is 18.8. The van der Waals surface area contributed by atoms with E-state index in [1.807, 2.05) is 0 Å². The molecule has 0 rings (SSSR count). The summed E-state index contributed by atoms with van der Waals surface area (Å²) in [6, 6.07) is -2.07. The lowest BCUT2D eigenvalue weighted by molar-refractivity contribution is -0.142. The van der Waals surface area contributed by atoms with Crippen molar-refractivity contribution in [3.05, 3.63) is 0 Å². The van der Waals surface area contributed by atoms with Gasteiger partial charge in [0.1, 0.15) is 15.9 Å². The number of carbonyl (C=O) groups excluding carboxylic acids is 1. The van der Waals surface area contributed by atoms with E-state index >= 15 is 0 Å². The van der Waals surface area contributed by atoms with Crippen molar-refractivity contribution in [2.45, 2.75) is 37.8 Å². The molecule has 1 amide bonds. The van der Waals surface area contributed by atoms with Gasteiger partial charge in [0.05, 0.1) is 11.8 Å². The van der Waals surface area contributed by atoms with E-state index in [1.165, 1.54) is 0 Å². The number of carboxylic acids is 1. The number of carbonyl (C=O) groups is 2. The number of rotatable bonds is 10. The average Bonchev–Trinajstić information content (AvgIpc) is 2.33.